The van der Waals surface area contributed by atoms with Gasteiger partial charge < -0.3 is 0 Å². The Labute approximate surface area is 123 Å². The number of benzene rings is 1. The zero-order valence-electron chi connectivity index (χ0n) is 13.2. The van der Waals surface area contributed by atoms with Gasteiger partial charge in [0, 0.05) is 18.0 Å². The lowest BCUT2D eigenvalue weighted by Crippen LogP contribution is -2.57. The van der Waals surface area contributed by atoms with Crippen molar-refractivity contribution in [1.82, 2.24) is 4.90 Å². The first-order valence-corrected chi connectivity index (χ1v) is 7.91. The van der Waals surface area contributed by atoms with Crippen LogP contribution in [0.1, 0.15) is 44.7 Å². The van der Waals surface area contributed by atoms with Crippen LogP contribution in [-0.2, 0) is 11.8 Å². The minimum atomic E-state index is 0.321. The molecule has 2 aliphatic rings. The Balaban J connectivity index is 2.08. The molecule has 1 fully saturated rings. The molecule has 0 spiro atoms. The highest BCUT2D eigenvalue weighted by Crippen LogP contribution is 2.54. The number of nitrogens with zero attached hydrogens (tertiary/aromatic N) is 1. The topological polar surface area (TPSA) is 3.24 Å². The quantitative estimate of drug-likeness (QED) is 0.728. The highest BCUT2D eigenvalue weighted by molar-refractivity contribution is 5.41. The highest BCUT2D eigenvalue weighted by Gasteiger charge is 2.51. The molecular formula is C19H27N. The molecule has 0 N–H and O–H groups in total. The molecule has 1 aromatic rings. The standard InChI is InChI=1S/C19H27N/c1-5-11-20-12-10-19(18(2,3)4)14-16(20)13-15-8-6-7-9-17(15)19/h5-9,16H,1,10-14H2,2-4H3. The lowest BCUT2D eigenvalue weighted by atomic mass is 9.53. The zero-order valence-corrected chi connectivity index (χ0v) is 13.2. The second-order valence-electron chi connectivity index (χ2n) is 7.58. The molecule has 1 nitrogen and oxygen atoms in total. The van der Waals surface area contributed by atoms with Gasteiger partial charge in [-0.05, 0) is 42.3 Å². The van der Waals surface area contributed by atoms with Crippen molar-refractivity contribution in [2.24, 2.45) is 5.41 Å². The van der Waals surface area contributed by atoms with Crippen molar-refractivity contribution in [1.29, 1.82) is 0 Å². The maximum Gasteiger partial charge on any atom is 0.0163 e. The van der Waals surface area contributed by atoms with Crippen LogP contribution < -0.4 is 0 Å². The van der Waals surface area contributed by atoms with E-state index in [1.54, 1.807) is 11.1 Å². The first-order chi connectivity index (χ1) is 9.48. The van der Waals surface area contributed by atoms with E-state index >= 15 is 0 Å². The van der Waals surface area contributed by atoms with Gasteiger partial charge in [-0.2, -0.15) is 0 Å². The van der Waals surface area contributed by atoms with E-state index in [2.05, 4.69) is 62.6 Å². The molecular weight excluding hydrogens is 242 g/mol. The van der Waals surface area contributed by atoms with Crippen molar-refractivity contribution >= 4 is 0 Å². The summed E-state index contributed by atoms with van der Waals surface area (Å²) < 4.78 is 0. The number of hydrogen-bond donors (Lipinski definition) is 0. The van der Waals surface area contributed by atoms with Crippen LogP contribution in [0.5, 0.6) is 0 Å². The first-order valence-electron chi connectivity index (χ1n) is 7.91. The Morgan fingerprint density at radius 2 is 2.10 bits per heavy atom. The van der Waals surface area contributed by atoms with Crippen molar-refractivity contribution in [2.75, 3.05) is 13.1 Å². The lowest BCUT2D eigenvalue weighted by Gasteiger charge is -2.57. The minimum absolute atomic E-state index is 0.321. The van der Waals surface area contributed by atoms with Crippen LogP contribution in [0.4, 0.5) is 0 Å². The molecule has 20 heavy (non-hydrogen) atoms. The van der Waals surface area contributed by atoms with Gasteiger partial charge in [0.25, 0.3) is 0 Å². The average molecular weight is 269 g/mol. The van der Waals surface area contributed by atoms with Crippen LogP contribution in [0.15, 0.2) is 36.9 Å². The third-order valence-electron chi connectivity index (χ3n) is 5.71. The summed E-state index contributed by atoms with van der Waals surface area (Å²) in [5, 5.41) is 0. The van der Waals surface area contributed by atoms with Crippen LogP contribution >= 0.6 is 0 Å². The molecule has 1 heterocycles. The maximum absolute atomic E-state index is 3.93. The molecule has 2 atom stereocenters. The molecule has 1 saturated heterocycles. The van der Waals surface area contributed by atoms with E-state index in [-0.39, 0.29) is 0 Å². The van der Waals surface area contributed by atoms with Gasteiger partial charge in [-0.25, -0.2) is 0 Å². The number of fused-ring (bicyclic) bond motifs is 4. The molecule has 2 bridgehead atoms. The summed E-state index contributed by atoms with van der Waals surface area (Å²) in [6, 6.07) is 9.85. The molecule has 0 saturated carbocycles. The third-order valence-corrected chi connectivity index (χ3v) is 5.71. The largest absolute Gasteiger partial charge is 0.296 e. The molecule has 1 aliphatic heterocycles. The Morgan fingerprint density at radius 1 is 1.35 bits per heavy atom. The van der Waals surface area contributed by atoms with Gasteiger partial charge in [-0.1, -0.05) is 51.1 Å². The molecule has 0 radical (unpaired) electrons. The maximum atomic E-state index is 3.93. The molecule has 1 aliphatic carbocycles. The Kier molecular flexibility index (Phi) is 3.29. The van der Waals surface area contributed by atoms with Gasteiger partial charge in [0.05, 0.1) is 0 Å². The SMILES string of the molecule is C=CCN1CCC2(C(C)(C)C)CC1Cc1ccccc12. The minimum Gasteiger partial charge on any atom is -0.296 e. The summed E-state index contributed by atoms with van der Waals surface area (Å²) in [5.41, 5.74) is 3.88. The molecule has 2 unspecified atom stereocenters. The van der Waals surface area contributed by atoms with Crippen molar-refractivity contribution in [3.05, 3.63) is 48.0 Å². The Morgan fingerprint density at radius 3 is 2.80 bits per heavy atom. The zero-order chi connectivity index (χ0) is 14.4. The van der Waals surface area contributed by atoms with Crippen LogP contribution in [0, 0.1) is 5.41 Å². The number of likely N-dealkylation sites (tertiary alicyclic amines) is 1. The van der Waals surface area contributed by atoms with Gasteiger partial charge >= 0.3 is 0 Å². The van der Waals surface area contributed by atoms with Gasteiger partial charge in [-0.3, -0.25) is 4.90 Å². The van der Waals surface area contributed by atoms with Crippen molar-refractivity contribution < 1.29 is 0 Å². The Bertz CT molecular complexity index is 511. The Hall–Kier alpha value is -1.08. The van der Waals surface area contributed by atoms with Gasteiger partial charge in [0.15, 0.2) is 0 Å². The highest BCUT2D eigenvalue weighted by atomic mass is 15.2. The predicted octanol–water partition coefficient (Wildman–Crippen LogP) is 4.18. The van der Waals surface area contributed by atoms with E-state index in [9.17, 15) is 0 Å². The van der Waals surface area contributed by atoms with E-state index in [0.29, 0.717) is 16.9 Å². The third kappa shape index (κ3) is 1.95. The van der Waals surface area contributed by atoms with Crippen LogP contribution in [-0.4, -0.2) is 24.0 Å². The molecule has 3 rings (SSSR count). The fraction of sp³-hybridized carbons (Fsp3) is 0.579. The van der Waals surface area contributed by atoms with Crippen molar-refractivity contribution in [2.45, 2.75) is 51.5 Å². The first kappa shape index (κ1) is 13.9. The van der Waals surface area contributed by atoms with E-state index in [1.165, 1.54) is 25.8 Å². The fourth-order valence-electron chi connectivity index (χ4n) is 4.51. The van der Waals surface area contributed by atoms with Gasteiger partial charge in [-0.15, -0.1) is 6.58 Å². The van der Waals surface area contributed by atoms with Gasteiger partial charge in [0.2, 0.25) is 0 Å². The fourth-order valence-corrected chi connectivity index (χ4v) is 4.51. The molecule has 1 aromatic carbocycles. The summed E-state index contributed by atoms with van der Waals surface area (Å²) in [5.74, 6) is 0. The van der Waals surface area contributed by atoms with Crippen molar-refractivity contribution in [3.63, 3.8) is 0 Å². The summed E-state index contributed by atoms with van der Waals surface area (Å²) in [7, 11) is 0. The second kappa shape index (κ2) is 4.73. The lowest BCUT2D eigenvalue weighted by molar-refractivity contribution is 0.0265. The van der Waals surface area contributed by atoms with E-state index < -0.39 is 0 Å². The van der Waals surface area contributed by atoms with Crippen molar-refractivity contribution in [3.8, 4) is 0 Å². The predicted molar refractivity (Wildman–Crippen MR) is 86.1 cm³/mol. The van der Waals surface area contributed by atoms with E-state index in [4.69, 9.17) is 0 Å². The monoisotopic (exact) mass is 269 g/mol. The molecule has 1 heteroatoms. The smallest absolute Gasteiger partial charge is 0.0163 e. The second-order valence-corrected chi connectivity index (χ2v) is 7.58. The normalized spacial score (nSPS) is 29.9. The molecule has 0 aromatic heterocycles. The summed E-state index contributed by atoms with van der Waals surface area (Å²) >= 11 is 0. The van der Waals surface area contributed by atoms with Crippen LogP contribution in [0.2, 0.25) is 0 Å². The average Bonchev–Trinajstić information content (AvgIpc) is 2.41. The summed E-state index contributed by atoms with van der Waals surface area (Å²) in [4.78, 5) is 2.63. The van der Waals surface area contributed by atoms with Crippen LogP contribution in [0.25, 0.3) is 0 Å². The summed E-state index contributed by atoms with van der Waals surface area (Å²) in [6.45, 7) is 13.5. The number of piperidine rings is 1. The molecule has 0 amide bonds. The van der Waals surface area contributed by atoms with E-state index in [1.807, 2.05) is 0 Å². The van der Waals surface area contributed by atoms with Gasteiger partial charge in [0.1, 0.15) is 0 Å². The molecule has 108 valence electrons. The number of rotatable bonds is 2. The number of hydrogen-bond acceptors (Lipinski definition) is 1. The van der Waals surface area contributed by atoms with Crippen LogP contribution in [0.3, 0.4) is 0 Å². The summed E-state index contributed by atoms with van der Waals surface area (Å²) in [6.07, 6.45) is 5.85. The van der Waals surface area contributed by atoms with E-state index in [0.717, 1.165) is 6.54 Å².